The highest BCUT2D eigenvalue weighted by Crippen LogP contribution is 2.15. The topological polar surface area (TPSA) is 54.0 Å². The summed E-state index contributed by atoms with van der Waals surface area (Å²) in [6.07, 6.45) is 1.60. The molecule has 3 rings (SSSR count). The van der Waals surface area contributed by atoms with Crippen LogP contribution in [0.1, 0.15) is 24.1 Å². The highest BCUT2D eigenvalue weighted by molar-refractivity contribution is 5.79. The summed E-state index contributed by atoms with van der Waals surface area (Å²) in [5, 5.41) is 7.54. The minimum atomic E-state index is 0.170. The quantitative estimate of drug-likeness (QED) is 0.891. The Bertz CT molecular complexity index is 639. The lowest BCUT2D eigenvalue weighted by Gasteiger charge is -2.11. The molecule has 1 aromatic carbocycles. The molecule has 0 saturated carbocycles. The van der Waals surface area contributed by atoms with E-state index in [1.807, 2.05) is 13.0 Å². The third-order valence-electron chi connectivity index (χ3n) is 3.70. The molecule has 0 spiro atoms. The number of nitrogens with one attached hydrogen (secondary N) is 2. The Morgan fingerprint density at radius 3 is 3.05 bits per heavy atom. The fourth-order valence-electron chi connectivity index (χ4n) is 2.61. The van der Waals surface area contributed by atoms with Crippen molar-refractivity contribution < 1.29 is 4.79 Å². The molecule has 1 amide bonds. The fraction of sp³-hybridized carbons (Fsp3) is 0.375. The lowest BCUT2D eigenvalue weighted by Crippen LogP contribution is -2.35. The summed E-state index contributed by atoms with van der Waals surface area (Å²) in [4.78, 5) is 15.6. The molecular formula is C16H19N3O. The first-order valence-electron chi connectivity index (χ1n) is 7.07. The van der Waals surface area contributed by atoms with E-state index in [-0.39, 0.29) is 11.9 Å². The number of benzene rings is 1. The van der Waals surface area contributed by atoms with Crippen molar-refractivity contribution in [3.05, 3.63) is 41.6 Å². The van der Waals surface area contributed by atoms with Crippen LogP contribution in [0.3, 0.4) is 0 Å². The third kappa shape index (κ3) is 2.96. The van der Waals surface area contributed by atoms with Crippen molar-refractivity contribution in [3.8, 4) is 0 Å². The van der Waals surface area contributed by atoms with Gasteiger partial charge in [-0.3, -0.25) is 9.78 Å². The standard InChI is InChI=1S/C16H19N3O/c1-11-2-4-13-8-12(3-6-15(13)18-11)9-17-10-14-5-7-16(20)19-14/h2-4,6,8,14,17H,5,7,9-10H2,1H3,(H,19,20). The first-order valence-corrected chi connectivity index (χ1v) is 7.07. The Balaban J connectivity index is 1.60. The lowest BCUT2D eigenvalue weighted by molar-refractivity contribution is -0.119. The van der Waals surface area contributed by atoms with Crippen LogP contribution in [0.5, 0.6) is 0 Å². The molecule has 2 aromatic rings. The Hall–Kier alpha value is -1.94. The first-order chi connectivity index (χ1) is 9.70. The molecule has 0 radical (unpaired) electrons. The maximum absolute atomic E-state index is 11.1. The molecule has 104 valence electrons. The smallest absolute Gasteiger partial charge is 0.220 e. The highest BCUT2D eigenvalue weighted by Gasteiger charge is 2.19. The highest BCUT2D eigenvalue weighted by atomic mass is 16.1. The molecule has 1 saturated heterocycles. The van der Waals surface area contributed by atoms with Crippen molar-refractivity contribution in [1.29, 1.82) is 0 Å². The number of amides is 1. The monoisotopic (exact) mass is 269 g/mol. The van der Waals surface area contributed by atoms with Crippen molar-refractivity contribution in [1.82, 2.24) is 15.6 Å². The molecule has 4 heteroatoms. The zero-order valence-electron chi connectivity index (χ0n) is 11.6. The number of aromatic nitrogens is 1. The average molecular weight is 269 g/mol. The Kier molecular flexibility index (Phi) is 3.65. The normalized spacial score (nSPS) is 18.4. The molecule has 1 unspecified atom stereocenters. The van der Waals surface area contributed by atoms with Crippen LogP contribution in [0.25, 0.3) is 10.9 Å². The van der Waals surface area contributed by atoms with Gasteiger partial charge in [0.1, 0.15) is 0 Å². The molecule has 1 aromatic heterocycles. The van der Waals surface area contributed by atoms with Gasteiger partial charge in [-0.15, -0.1) is 0 Å². The number of nitrogens with zero attached hydrogens (tertiary/aromatic N) is 1. The van der Waals surface area contributed by atoms with Crippen LogP contribution in [0.2, 0.25) is 0 Å². The number of hydrogen-bond acceptors (Lipinski definition) is 3. The molecule has 0 bridgehead atoms. The second-order valence-corrected chi connectivity index (χ2v) is 5.41. The van der Waals surface area contributed by atoms with Gasteiger partial charge in [0, 0.05) is 36.6 Å². The lowest BCUT2D eigenvalue weighted by atomic mass is 10.1. The van der Waals surface area contributed by atoms with Gasteiger partial charge in [-0.1, -0.05) is 12.1 Å². The van der Waals surface area contributed by atoms with Crippen LogP contribution < -0.4 is 10.6 Å². The predicted molar refractivity (Wildman–Crippen MR) is 79.4 cm³/mol. The molecule has 4 nitrogen and oxygen atoms in total. The van der Waals surface area contributed by atoms with Gasteiger partial charge in [-0.25, -0.2) is 0 Å². The van der Waals surface area contributed by atoms with Crippen LogP contribution in [0.15, 0.2) is 30.3 Å². The van der Waals surface area contributed by atoms with Crippen molar-refractivity contribution in [2.45, 2.75) is 32.4 Å². The van der Waals surface area contributed by atoms with E-state index < -0.39 is 0 Å². The van der Waals surface area contributed by atoms with Crippen molar-refractivity contribution in [2.24, 2.45) is 0 Å². The zero-order chi connectivity index (χ0) is 13.9. The molecule has 20 heavy (non-hydrogen) atoms. The van der Waals surface area contributed by atoms with E-state index >= 15 is 0 Å². The number of rotatable bonds is 4. The van der Waals surface area contributed by atoms with E-state index in [0.29, 0.717) is 6.42 Å². The Morgan fingerprint density at radius 2 is 2.25 bits per heavy atom. The first kappa shape index (κ1) is 13.1. The maximum atomic E-state index is 11.1. The molecule has 0 aliphatic carbocycles. The van der Waals surface area contributed by atoms with Crippen LogP contribution in [0, 0.1) is 6.92 Å². The van der Waals surface area contributed by atoms with Crippen LogP contribution in [0.4, 0.5) is 0 Å². The van der Waals surface area contributed by atoms with Crippen molar-refractivity contribution in [2.75, 3.05) is 6.54 Å². The molecule has 1 aliphatic rings. The zero-order valence-corrected chi connectivity index (χ0v) is 11.6. The number of carbonyl (C=O) groups excluding carboxylic acids is 1. The van der Waals surface area contributed by atoms with Gasteiger partial charge in [0.25, 0.3) is 0 Å². The third-order valence-corrected chi connectivity index (χ3v) is 3.70. The number of aryl methyl sites for hydroxylation is 1. The Labute approximate surface area is 118 Å². The van der Waals surface area contributed by atoms with Crippen molar-refractivity contribution >= 4 is 16.8 Å². The van der Waals surface area contributed by atoms with E-state index in [1.54, 1.807) is 0 Å². The maximum Gasteiger partial charge on any atom is 0.220 e. The number of pyridine rings is 1. The Morgan fingerprint density at radius 1 is 1.35 bits per heavy atom. The second kappa shape index (κ2) is 5.59. The molecule has 2 N–H and O–H groups in total. The molecule has 1 fully saturated rings. The molecular weight excluding hydrogens is 250 g/mol. The number of hydrogen-bond donors (Lipinski definition) is 2. The van der Waals surface area contributed by atoms with Crippen LogP contribution in [-0.4, -0.2) is 23.5 Å². The van der Waals surface area contributed by atoms with E-state index in [2.05, 4.69) is 39.9 Å². The largest absolute Gasteiger partial charge is 0.352 e. The van der Waals surface area contributed by atoms with E-state index in [1.165, 1.54) is 10.9 Å². The van der Waals surface area contributed by atoms with Gasteiger partial charge in [0.05, 0.1) is 5.52 Å². The fourth-order valence-corrected chi connectivity index (χ4v) is 2.61. The number of carbonyl (C=O) groups is 1. The van der Waals surface area contributed by atoms with Gasteiger partial charge < -0.3 is 10.6 Å². The second-order valence-electron chi connectivity index (χ2n) is 5.41. The van der Waals surface area contributed by atoms with Crippen LogP contribution in [-0.2, 0) is 11.3 Å². The van der Waals surface area contributed by atoms with E-state index in [4.69, 9.17) is 0 Å². The van der Waals surface area contributed by atoms with Gasteiger partial charge in [0.15, 0.2) is 0 Å². The van der Waals surface area contributed by atoms with E-state index in [9.17, 15) is 4.79 Å². The van der Waals surface area contributed by atoms with E-state index in [0.717, 1.165) is 30.7 Å². The van der Waals surface area contributed by atoms with Gasteiger partial charge in [0.2, 0.25) is 5.91 Å². The summed E-state index contributed by atoms with van der Waals surface area (Å²) in [7, 11) is 0. The van der Waals surface area contributed by atoms with Gasteiger partial charge in [-0.05, 0) is 37.1 Å². The van der Waals surface area contributed by atoms with Crippen LogP contribution >= 0.6 is 0 Å². The summed E-state index contributed by atoms with van der Waals surface area (Å²) in [5.41, 5.74) is 3.32. The minimum Gasteiger partial charge on any atom is -0.352 e. The summed E-state index contributed by atoms with van der Waals surface area (Å²) < 4.78 is 0. The average Bonchev–Trinajstić information content (AvgIpc) is 2.85. The van der Waals surface area contributed by atoms with Gasteiger partial charge in [-0.2, -0.15) is 0 Å². The minimum absolute atomic E-state index is 0.170. The number of fused-ring (bicyclic) bond motifs is 1. The summed E-state index contributed by atoms with van der Waals surface area (Å²) in [5.74, 6) is 0.170. The summed E-state index contributed by atoms with van der Waals surface area (Å²) >= 11 is 0. The van der Waals surface area contributed by atoms with Crippen molar-refractivity contribution in [3.63, 3.8) is 0 Å². The molecule has 2 heterocycles. The molecule has 1 aliphatic heterocycles. The van der Waals surface area contributed by atoms with Gasteiger partial charge >= 0.3 is 0 Å². The summed E-state index contributed by atoms with van der Waals surface area (Å²) in [6, 6.07) is 10.8. The SMILES string of the molecule is Cc1ccc2cc(CNCC3CCC(=O)N3)ccc2n1. The predicted octanol–water partition coefficient (Wildman–Crippen LogP) is 1.91. The molecule has 1 atom stereocenters. The summed E-state index contributed by atoms with van der Waals surface area (Å²) in [6.45, 7) is 3.65.